The number of ether oxygens (including phenoxy) is 1. The Morgan fingerprint density at radius 2 is 2.00 bits per heavy atom. The second kappa shape index (κ2) is 7.50. The second-order valence-corrected chi connectivity index (χ2v) is 3.14. The molecule has 0 aromatic heterocycles. The molecule has 0 aromatic rings. The molecule has 0 aliphatic carbocycles. The Hall–Kier alpha value is -0.900. The predicted molar refractivity (Wildman–Crippen MR) is 53.8 cm³/mol. The van der Waals surface area contributed by atoms with Crippen molar-refractivity contribution in [1.82, 2.24) is 0 Å². The second-order valence-electron chi connectivity index (χ2n) is 3.14. The molecule has 82 valence electrons. The van der Waals surface area contributed by atoms with Crippen LogP contribution in [0.1, 0.15) is 39.5 Å². The highest BCUT2D eigenvalue weighted by Gasteiger charge is 2.14. The van der Waals surface area contributed by atoms with Gasteiger partial charge in [-0.15, -0.1) is 0 Å². The minimum Gasteiger partial charge on any atom is -0.465 e. The number of hydrogen-bond donors (Lipinski definition) is 1. The van der Waals surface area contributed by atoms with Crippen LogP contribution in [0, 0.1) is 0 Å². The SMILES string of the molecule is CCOC(=O)C(N)CCCC(=O)CC. The lowest BCUT2D eigenvalue weighted by Crippen LogP contribution is -2.32. The van der Waals surface area contributed by atoms with Crippen LogP contribution in [0.5, 0.6) is 0 Å². The van der Waals surface area contributed by atoms with Gasteiger partial charge in [0.05, 0.1) is 6.61 Å². The van der Waals surface area contributed by atoms with Crippen molar-refractivity contribution in [3.05, 3.63) is 0 Å². The van der Waals surface area contributed by atoms with E-state index < -0.39 is 6.04 Å². The van der Waals surface area contributed by atoms with E-state index in [9.17, 15) is 9.59 Å². The maximum absolute atomic E-state index is 11.1. The van der Waals surface area contributed by atoms with E-state index in [0.717, 1.165) is 0 Å². The summed E-state index contributed by atoms with van der Waals surface area (Å²) in [6.45, 7) is 3.92. The van der Waals surface area contributed by atoms with E-state index in [1.165, 1.54) is 0 Å². The van der Waals surface area contributed by atoms with Crippen molar-refractivity contribution in [2.24, 2.45) is 5.73 Å². The van der Waals surface area contributed by atoms with Crippen LogP contribution in [0.25, 0.3) is 0 Å². The molecule has 2 N–H and O–H groups in total. The fourth-order valence-corrected chi connectivity index (χ4v) is 1.06. The summed E-state index contributed by atoms with van der Waals surface area (Å²) in [6, 6.07) is -0.584. The summed E-state index contributed by atoms with van der Waals surface area (Å²) in [6.07, 6.45) is 2.23. The Morgan fingerprint density at radius 1 is 1.36 bits per heavy atom. The van der Waals surface area contributed by atoms with E-state index in [0.29, 0.717) is 32.3 Å². The number of carbonyl (C=O) groups excluding carboxylic acids is 2. The number of nitrogens with two attached hydrogens (primary N) is 1. The van der Waals surface area contributed by atoms with E-state index >= 15 is 0 Å². The number of carbonyl (C=O) groups is 2. The van der Waals surface area contributed by atoms with Gasteiger partial charge in [0.2, 0.25) is 0 Å². The van der Waals surface area contributed by atoms with Gasteiger partial charge in [-0.25, -0.2) is 0 Å². The first-order chi connectivity index (χ1) is 6.61. The third-order valence-electron chi connectivity index (χ3n) is 1.95. The minimum absolute atomic E-state index is 0.209. The van der Waals surface area contributed by atoms with Crippen molar-refractivity contribution in [2.45, 2.75) is 45.6 Å². The van der Waals surface area contributed by atoms with Crippen molar-refractivity contribution in [3.8, 4) is 0 Å². The molecule has 0 saturated carbocycles. The van der Waals surface area contributed by atoms with Crippen molar-refractivity contribution < 1.29 is 14.3 Å². The average molecular weight is 201 g/mol. The quantitative estimate of drug-likeness (QED) is 0.624. The molecule has 0 rings (SSSR count). The Bertz CT molecular complexity index is 192. The molecule has 0 fully saturated rings. The highest BCUT2D eigenvalue weighted by molar-refractivity contribution is 5.78. The smallest absolute Gasteiger partial charge is 0.322 e. The summed E-state index contributed by atoms with van der Waals surface area (Å²) in [5.41, 5.74) is 5.55. The maximum Gasteiger partial charge on any atom is 0.322 e. The number of Topliss-reactive ketones (excluding diaryl/α,β-unsaturated/α-hetero) is 1. The number of esters is 1. The maximum atomic E-state index is 11.1. The van der Waals surface area contributed by atoms with Gasteiger partial charge in [0, 0.05) is 12.8 Å². The van der Waals surface area contributed by atoms with Gasteiger partial charge >= 0.3 is 5.97 Å². The molecule has 1 unspecified atom stereocenters. The lowest BCUT2D eigenvalue weighted by atomic mass is 10.1. The standard InChI is InChI=1S/C10H19NO3/c1-3-8(12)6-5-7-9(11)10(13)14-4-2/h9H,3-7,11H2,1-2H3. The van der Waals surface area contributed by atoms with E-state index in [-0.39, 0.29) is 11.8 Å². The summed E-state index contributed by atoms with van der Waals surface area (Å²) in [5.74, 6) is -0.169. The molecule has 0 bridgehead atoms. The van der Waals surface area contributed by atoms with Gasteiger partial charge in [0.1, 0.15) is 11.8 Å². The normalized spacial score (nSPS) is 12.2. The molecular formula is C10H19NO3. The highest BCUT2D eigenvalue weighted by Crippen LogP contribution is 2.02. The molecule has 0 amide bonds. The zero-order valence-electron chi connectivity index (χ0n) is 8.91. The van der Waals surface area contributed by atoms with Crippen LogP contribution in [-0.4, -0.2) is 24.4 Å². The van der Waals surface area contributed by atoms with E-state index in [1.54, 1.807) is 6.92 Å². The van der Waals surface area contributed by atoms with Crippen molar-refractivity contribution >= 4 is 11.8 Å². The fraction of sp³-hybridized carbons (Fsp3) is 0.800. The lowest BCUT2D eigenvalue weighted by molar-refractivity contribution is -0.145. The van der Waals surface area contributed by atoms with Gasteiger partial charge in [-0.1, -0.05) is 6.92 Å². The zero-order valence-corrected chi connectivity index (χ0v) is 8.91. The first-order valence-corrected chi connectivity index (χ1v) is 5.05. The summed E-state index contributed by atoms with van der Waals surface area (Å²) >= 11 is 0. The molecule has 0 aliphatic rings. The van der Waals surface area contributed by atoms with Crippen molar-refractivity contribution in [3.63, 3.8) is 0 Å². The van der Waals surface area contributed by atoms with Crippen LogP contribution in [0.2, 0.25) is 0 Å². The van der Waals surface area contributed by atoms with Crippen LogP contribution in [-0.2, 0) is 14.3 Å². The van der Waals surface area contributed by atoms with Crippen LogP contribution >= 0.6 is 0 Å². The summed E-state index contributed by atoms with van der Waals surface area (Å²) < 4.78 is 4.74. The van der Waals surface area contributed by atoms with E-state index in [2.05, 4.69) is 0 Å². The molecular weight excluding hydrogens is 182 g/mol. The Labute approximate surface area is 84.8 Å². The van der Waals surface area contributed by atoms with Gasteiger partial charge in [-0.05, 0) is 19.8 Å². The summed E-state index contributed by atoms with van der Waals surface area (Å²) in [4.78, 5) is 22.0. The molecule has 0 heterocycles. The van der Waals surface area contributed by atoms with Crippen molar-refractivity contribution in [2.75, 3.05) is 6.61 Å². The fourth-order valence-electron chi connectivity index (χ4n) is 1.06. The molecule has 4 heteroatoms. The van der Waals surface area contributed by atoms with Crippen molar-refractivity contribution in [1.29, 1.82) is 0 Å². The molecule has 14 heavy (non-hydrogen) atoms. The van der Waals surface area contributed by atoms with E-state index in [1.807, 2.05) is 6.92 Å². The van der Waals surface area contributed by atoms with Crippen LogP contribution in [0.3, 0.4) is 0 Å². The predicted octanol–water partition coefficient (Wildman–Crippen LogP) is 1.03. The monoisotopic (exact) mass is 201 g/mol. The third kappa shape index (κ3) is 5.70. The zero-order chi connectivity index (χ0) is 11.0. The molecule has 0 aromatic carbocycles. The topological polar surface area (TPSA) is 69.4 Å². The molecule has 4 nitrogen and oxygen atoms in total. The Morgan fingerprint density at radius 3 is 2.50 bits per heavy atom. The minimum atomic E-state index is -0.584. The Kier molecular flexibility index (Phi) is 7.02. The third-order valence-corrected chi connectivity index (χ3v) is 1.95. The molecule has 0 saturated heterocycles. The lowest BCUT2D eigenvalue weighted by Gasteiger charge is -2.09. The van der Waals surface area contributed by atoms with Crippen LogP contribution in [0.4, 0.5) is 0 Å². The number of hydrogen-bond acceptors (Lipinski definition) is 4. The first kappa shape index (κ1) is 13.1. The van der Waals surface area contributed by atoms with E-state index in [4.69, 9.17) is 10.5 Å². The Balaban J connectivity index is 3.58. The molecule has 0 spiro atoms. The largest absolute Gasteiger partial charge is 0.465 e. The average Bonchev–Trinajstić information content (AvgIpc) is 2.17. The van der Waals surface area contributed by atoms with Gasteiger partial charge in [-0.2, -0.15) is 0 Å². The van der Waals surface area contributed by atoms with Gasteiger partial charge in [0.15, 0.2) is 0 Å². The van der Waals surface area contributed by atoms with Crippen LogP contribution < -0.4 is 5.73 Å². The first-order valence-electron chi connectivity index (χ1n) is 5.05. The van der Waals surface area contributed by atoms with Gasteiger partial charge < -0.3 is 10.5 Å². The summed E-state index contributed by atoms with van der Waals surface area (Å²) in [7, 11) is 0. The molecule has 0 aliphatic heterocycles. The number of rotatable bonds is 7. The number of ketones is 1. The highest BCUT2D eigenvalue weighted by atomic mass is 16.5. The van der Waals surface area contributed by atoms with Gasteiger partial charge in [-0.3, -0.25) is 9.59 Å². The molecule has 1 atom stereocenters. The molecule has 0 radical (unpaired) electrons. The van der Waals surface area contributed by atoms with Crippen LogP contribution in [0.15, 0.2) is 0 Å². The van der Waals surface area contributed by atoms with Gasteiger partial charge in [0.25, 0.3) is 0 Å². The summed E-state index contributed by atoms with van der Waals surface area (Å²) in [5, 5.41) is 0.